The van der Waals surface area contributed by atoms with E-state index in [1.54, 1.807) is 24.3 Å². The van der Waals surface area contributed by atoms with Crippen molar-refractivity contribution in [3.63, 3.8) is 0 Å². The van der Waals surface area contributed by atoms with E-state index in [0.29, 0.717) is 11.4 Å². The van der Waals surface area contributed by atoms with Gasteiger partial charge in [0.15, 0.2) is 5.78 Å². The number of rotatable bonds is 7. The van der Waals surface area contributed by atoms with Gasteiger partial charge in [-0.25, -0.2) is 0 Å². The van der Waals surface area contributed by atoms with Gasteiger partial charge >= 0.3 is 0 Å². The highest BCUT2D eigenvalue weighted by Gasteiger charge is 2.23. The fourth-order valence-corrected chi connectivity index (χ4v) is 2.39. The molecule has 0 spiro atoms. The number of halogens is 1. The Hall–Kier alpha value is -3.59. The van der Waals surface area contributed by atoms with Crippen LogP contribution in [0.2, 0.25) is 5.02 Å². The minimum atomic E-state index is -1.42. The van der Waals surface area contributed by atoms with Crippen molar-refractivity contribution >= 4 is 52.2 Å². The van der Waals surface area contributed by atoms with Gasteiger partial charge in [0.05, 0.1) is 5.02 Å². The zero-order valence-electron chi connectivity index (χ0n) is 15.6. The molecule has 0 saturated carbocycles. The summed E-state index contributed by atoms with van der Waals surface area (Å²) < 4.78 is 0. The van der Waals surface area contributed by atoms with E-state index in [1.165, 1.54) is 32.0 Å². The number of primary amides is 1. The predicted molar refractivity (Wildman–Crippen MR) is 108 cm³/mol. The molecule has 2 aromatic rings. The van der Waals surface area contributed by atoms with Crippen LogP contribution in [0.25, 0.3) is 0 Å². The average molecular weight is 416 g/mol. The largest absolute Gasteiger partial charge is 0.366 e. The van der Waals surface area contributed by atoms with Gasteiger partial charge in [-0.05, 0) is 49.4 Å². The van der Waals surface area contributed by atoms with Gasteiger partial charge in [0.2, 0.25) is 17.9 Å². The first-order chi connectivity index (χ1) is 13.7. The zero-order chi connectivity index (χ0) is 21.6. The molecule has 0 saturated heterocycles. The van der Waals surface area contributed by atoms with E-state index < -0.39 is 23.6 Å². The summed E-state index contributed by atoms with van der Waals surface area (Å²) in [5, 5.41) is 12.9. The van der Waals surface area contributed by atoms with Crippen molar-refractivity contribution in [2.45, 2.75) is 19.9 Å². The molecule has 9 nitrogen and oxygen atoms in total. The number of benzene rings is 2. The van der Waals surface area contributed by atoms with Gasteiger partial charge < -0.3 is 16.4 Å². The Morgan fingerprint density at radius 1 is 0.966 bits per heavy atom. The number of hydrogen-bond donors (Lipinski definition) is 3. The highest BCUT2D eigenvalue weighted by Crippen LogP contribution is 2.26. The van der Waals surface area contributed by atoms with E-state index in [-0.39, 0.29) is 22.2 Å². The smallest absolute Gasteiger partial charge is 0.258 e. The second kappa shape index (κ2) is 9.56. The molecule has 3 amide bonds. The number of anilines is 2. The fourth-order valence-electron chi connectivity index (χ4n) is 2.23. The zero-order valence-corrected chi connectivity index (χ0v) is 16.4. The standard InChI is InChI=1S/C19H18ClN5O4/c1-10(26)17(25-24-16-9-12(18(21)28)3-8-15(16)20)19(29)23-14-6-4-13(5-7-14)22-11(2)27/h3-9,17H,1-2H3,(H2,21,28)(H,22,27)(H,23,29)/t17-/m1/s1. The minimum absolute atomic E-state index is 0.0988. The summed E-state index contributed by atoms with van der Waals surface area (Å²) in [7, 11) is 0. The van der Waals surface area contributed by atoms with Crippen molar-refractivity contribution in [3.8, 4) is 0 Å². The number of ketones is 1. The summed E-state index contributed by atoms with van der Waals surface area (Å²) >= 11 is 6.00. The molecule has 150 valence electrons. The number of Topliss-reactive ketones (excluding diaryl/α,β-unsaturated/α-hetero) is 1. The van der Waals surface area contributed by atoms with E-state index in [2.05, 4.69) is 20.9 Å². The number of azo groups is 1. The summed E-state index contributed by atoms with van der Waals surface area (Å²) in [5.74, 6) is -2.14. The van der Waals surface area contributed by atoms with Gasteiger partial charge in [0, 0.05) is 23.9 Å². The minimum Gasteiger partial charge on any atom is -0.366 e. The van der Waals surface area contributed by atoms with Crippen LogP contribution in [0.3, 0.4) is 0 Å². The molecule has 0 aromatic heterocycles. The molecule has 2 aromatic carbocycles. The van der Waals surface area contributed by atoms with Crippen LogP contribution in [0.15, 0.2) is 52.7 Å². The van der Waals surface area contributed by atoms with E-state index in [0.717, 1.165) is 0 Å². The second-order valence-corrected chi connectivity index (χ2v) is 6.41. The van der Waals surface area contributed by atoms with E-state index in [4.69, 9.17) is 17.3 Å². The molecule has 4 N–H and O–H groups in total. The predicted octanol–water partition coefficient (Wildman–Crippen LogP) is 3.08. The van der Waals surface area contributed by atoms with Gasteiger partial charge in [0.1, 0.15) is 5.69 Å². The monoisotopic (exact) mass is 415 g/mol. The molecule has 0 bridgehead atoms. The van der Waals surface area contributed by atoms with Gasteiger partial charge in [-0.1, -0.05) is 11.6 Å². The SMILES string of the molecule is CC(=O)Nc1ccc(NC(=O)[C@H](N=Nc2cc(C(N)=O)ccc2Cl)C(C)=O)cc1. The van der Waals surface area contributed by atoms with Crippen LogP contribution < -0.4 is 16.4 Å². The van der Waals surface area contributed by atoms with Crippen molar-refractivity contribution < 1.29 is 19.2 Å². The first kappa shape index (κ1) is 21.7. The Balaban J connectivity index is 2.17. The summed E-state index contributed by atoms with van der Waals surface area (Å²) in [6, 6.07) is 9.03. The summed E-state index contributed by atoms with van der Waals surface area (Å²) in [6.45, 7) is 2.58. The van der Waals surface area contributed by atoms with Gasteiger partial charge in [-0.15, -0.1) is 0 Å². The molecular formula is C19H18ClN5O4. The number of carbonyl (C=O) groups excluding carboxylic acids is 4. The first-order valence-corrected chi connectivity index (χ1v) is 8.74. The third kappa shape index (κ3) is 6.22. The highest BCUT2D eigenvalue weighted by atomic mass is 35.5. The van der Waals surface area contributed by atoms with Crippen LogP contribution in [0.1, 0.15) is 24.2 Å². The lowest BCUT2D eigenvalue weighted by Gasteiger charge is -2.10. The van der Waals surface area contributed by atoms with Crippen molar-refractivity contribution in [1.82, 2.24) is 0 Å². The maximum absolute atomic E-state index is 12.4. The summed E-state index contributed by atoms with van der Waals surface area (Å²) in [5.41, 5.74) is 6.43. The van der Waals surface area contributed by atoms with Crippen LogP contribution >= 0.6 is 11.6 Å². The number of amides is 3. The molecule has 10 heteroatoms. The van der Waals surface area contributed by atoms with E-state index in [9.17, 15) is 19.2 Å². The summed E-state index contributed by atoms with van der Waals surface area (Å²) in [4.78, 5) is 46.6. The number of carbonyl (C=O) groups is 4. The third-order valence-electron chi connectivity index (χ3n) is 3.62. The Labute approximate surface area is 171 Å². The van der Waals surface area contributed by atoms with Crippen LogP contribution in [0.5, 0.6) is 0 Å². The quantitative estimate of drug-likeness (QED) is 0.471. The number of hydrogen-bond acceptors (Lipinski definition) is 6. The Kier molecular flexibility index (Phi) is 7.15. The molecule has 0 fully saturated rings. The van der Waals surface area contributed by atoms with Gasteiger partial charge in [-0.3, -0.25) is 19.2 Å². The molecule has 0 unspecified atom stereocenters. The molecule has 0 aliphatic carbocycles. The van der Waals surface area contributed by atoms with E-state index in [1.807, 2.05) is 0 Å². The molecule has 2 rings (SSSR count). The molecular weight excluding hydrogens is 398 g/mol. The molecule has 0 heterocycles. The second-order valence-electron chi connectivity index (χ2n) is 6.01. The molecule has 0 aliphatic heterocycles. The maximum Gasteiger partial charge on any atom is 0.258 e. The third-order valence-corrected chi connectivity index (χ3v) is 3.94. The Morgan fingerprint density at radius 2 is 1.55 bits per heavy atom. The van der Waals surface area contributed by atoms with Crippen LogP contribution in [-0.4, -0.2) is 29.5 Å². The van der Waals surface area contributed by atoms with Gasteiger partial charge in [0.25, 0.3) is 5.91 Å². The van der Waals surface area contributed by atoms with Crippen LogP contribution in [-0.2, 0) is 14.4 Å². The number of nitrogens with one attached hydrogen (secondary N) is 2. The summed E-state index contributed by atoms with van der Waals surface area (Å²) in [6.07, 6.45) is 0. The number of nitrogens with two attached hydrogens (primary N) is 1. The molecule has 0 aliphatic rings. The topological polar surface area (TPSA) is 143 Å². The maximum atomic E-state index is 12.4. The average Bonchev–Trinajstić information content (AvgIpc) is 2.64. The fraction of sp³-hybridized carbons (Fsp3) is 0.158. The lowest BCUT2D eigenvalue weighted by Crippen LogP contribution is -2.31. The lowest BCUT2D eigenvalue weighted by molar-refractivity contribution is -0.126. The molecule has 0 radical (unpaired) electrons. The Bertz CT molecular complexity index is 989. The number of nitrogens with zero attached hydrogens (tertiary/aromatic N) is 2. The van der Waals surface area contributed by atoms with E-state index >= 15 is 0 Å². The highest BCUT2D eigenvalue weighted by molar-refractivity contribution is 6.33. The van der Waals surface area contributed by atoms with Crippen molar-refractivity contribution in [1.29, 1.82) is 0 Å². The Morgan fingerprint density at radius 3 is 2.07 bits per heavy atom. The normalized spacial score (nSPS) is 11.7. The van der Waals surface area contributed by atoms with Gasteiger partial charge in [-0.2, -0.15) is 10.2 Å². The van der Waals surface area contributed by atoms with Crippen molar-refractivity contribution in [3.05, 3.63) is 53.1 Å². The van der Waals surface area contributed by atoms with Crippen LogP contribution in [0.4, 0.5) is 17.1 Å². The first-order valence-electron chi connectivity index (χ1n) is 8.36. The molecule has 1 atom stereocenters. The van der Waals surface area contributed by atoms with Crippen LogP contribution in [0, 0.1) is 0 Å². The molecule has 29 heavy (non-hydrogen) atoms. The lowest BCUT2D eigenvalue weighted by atomic mass is 10.2. The van der Waals surface area contributed by atoms with Crippen molar-refractivity contribution in [2.75, 3.05) is 10.6 Å². The van der Waals surface area contributed by atoms with Crippen molar-refractivity contribution in [2.24, 2.45) is 16.0 Å².